The van der Waals surface area contributed by atoms with E-state index in [0.29, 0.717) is 24.5 Å². The lowest BCUT2D eigenvalue weighted by Crippen LogP contribution is -2.40. The zero-order valence-electron chi connectivity index (χ0n) is 22.4. The first-order valence-corrected chi connectivity index (χ1v) is 18.1. The van der Waals surface area contributed by atoms with Gasteiger partial charge in [-0.1, -0.05) is 67.7 Å². The summed E-state index contributed by atoms with van der Waals surface area (Å²) in [5, 5.41) is 0.282. The van der Waals surface area contributed by atoms with Gasteiger partial charge in [-0.15, -0.1) is 0 Å². The van der Waals surface area contributed by atoms with Crippen molar-refractivity contribution in [3.05, 3.63) is 24.2 Å². The van der Waals surface area contributed by atoms with E-state index in [-0.39, 0.29) is 16.0 Å². The van der Waals surface area contributed by atoms with Crippen LogP contribution in [0.1, 0.15) is 87.0 Å². The van der Waals surface area contributed by atoms with Crippen LogP contribution in [-0.2, 0) is 13.6 Å². The summed E-state index contributed by atoms with van der Waals surface area (Å²) < 4.78 is 13.0. The van der Waals surface area contributed by atoms with Crippen molar-refractivity contribution in [2.24, 2.45) is 11.8 Å². The Kier molecular flexibility index (Phi) is 9.89. The van der Waals surface area contributed by atoms with Crippen LogP contribution in [0, 0.1) is 11.8 Å². The van der Waals surface area contributed by atoms with Gasteiger partial charge < -0.3 is 8.85 Å². The molecule has 0 N–H and O–H groups in total. The number of ketones is 1. The van der Waals surface area contributed by atoms with Crippen molar-refractivity contribution in [1.82, 2.24) is 0 Å². The van der Waals surface area contributed by atoms with Crippen molar-refractivity contribution < 1.29 is 13.6 Å². The van der Waals surface area contributed by atoms with Crippen molar-refractivity contribution in [2.45, 2.75) is 123 Å². The molecule has 0 bridgehead atoms. The number of hydrogen-bond acceptors (Lipinski definition) is 3. The average molecular weight is 467 g/mol. The van der Waals surface area contributed by atoms with Gasteiger partial charge in [0.05, 0.1) is 18.4 Å². The molecule has 0 aromatic heterocycles. The molecule has 1 aliphatic carbocycles. The summed E-state index contributed by atoms with van der Waals surface area (Å²) in [6.07, 6.45) is 12.1. The van der Waals surface area contributed by atoms with E-state index in [1.165, 1.54) is 19.3 Å². The summed E-state index contributed by atoms with van der Waals surface area (Å²) in [6.45, 7) is 24.8. The van der Waals surface area contributed by atoms with Gasteiger partial charge in [0.2, 0.25) is 16.6 Å². The van der Waals surface area contributed by atoms with E-state index in [9.17, 15) is 4.79 Å². The molecule has 0 aromatic carbocycles. The predicted octanol–water partition coefficient (Wildman–Crippen LogP) is 8.60. The Morgan fingerprint density at radius 3 is 2.10 bits per heavy atom. The van der Waals surface area contributed by atoms with E-state index in [1.807, 2.05) is 6.26 Å². The molecule has 0 saturated carbocycles. The van der Waals surface area contributed by atoms with E-state index in [0.717, 1.165) is 12.2 Å². The molecule has 5 heteroatoms. The van der Waals surface area contributed by atoms with Crippen LogP contribution in [0.15, 0.2) is 24.2 Å². The fourth-order valence-corrected chi connectivity index (χ4v) is 5.17. The molecule has 0 radical (unpaired) electrons. The standard InChI is InChI=1S/C26H50O3Si2/c1-12-13-14-15-21-18-23(27)20-24(29-31(10,11)26(5,6)7)19-22(21)16-17-28-30(8,9)25(2,3)4/h16-17,19,21-22H,12-15,18,20H2,1-11H3/b17-16+/t21-,22+/m1/s1. The van der Waals surface area contributed by atoms with Crippen LogP contribution in [0.4, 0.5) is 0 Å². The Morgan fingerprint density at radius 2 is 1.58 bits per heavy atom. The first kappa shape index (κ1) is 28.2. The van der Waals surface area contributed by atoms with Gasteiger partial charge >= 0.3 is 0 Å². The van der Waals surface area contributed by atoms with Crippen LogP contribution in [0.5, 0.6) is 0 Å². The zero-order valence-corrected chi connectivity index (χ0v) is 24.4. The Hall–Kier alpha value is -0.816. The molecular formula is C26H50O3Si2. The summed E-state index contributed by atoms with van der Waals surface area (Å²) in [6, 6.07) is 0. The third kappa shape index (κ3) is 8.56. The van der Waals surface area contributed by atoms with Crippen LogP contribution in [0.3, 0.4) is 0 Å². The molecule has 3 nitrogen and oxygen atoms in total. The Labute approximate surface area is 195 Å². The van der Waals surface area contributed by atoms with Gasteiger partial charge in [0.15, 0.2) is 0 Å². The molecular weight excluding hydrogens is 416 g/mol. The largest absolute Gasteiger partial charge is 0.549 e. The predicted molar refractivity (Wildman–Crippen MR) is 139 cm³/mol. The molecule has 0 unspecified atom stereocenters. The number of Topliss-reactive ketones (excluding diaryl/α,β-unsaturated/α-hetero) is 1. The topological polar surface area (TPSA) is 35.5 Å². The van der Waals surface area contributed by atoms with Crippen LogP contribution >= 0.6 is 0 Å². The second kappa shape index (κ2) is 10.9. The first-order valence-electron chi connectivity index (χ1n) is 12.3. The highest BCUT2D eigenvalue weighted by molar-refractivity contribution is 6.74. The summed E-state index contributed by atoms with van der Waals surface area (Å²) in [5.74, 6) is 1.72. The summed E-state index contributed by atoms with van der Waals surface area (Å²) in [5.41, 5.74) is 0. The van der Waals surface area contributed by atoms with Crippen LogP contribution < -0.4 is 0 Å². The zero-order chi connectivity index (χ0) is 24.1. The molecule has 0 amide bonds. The molecule has 1 rings (SSSR count). The molecule has 0 aliphatic heterocycles. The minimum absolute atomic E-state index is 0.112. The van der Waals surface area contributed by atoms with E-state index in [2.05, 4.69) is 86.8 Å². The summed E-state index contributed by atoms with van der Waals surface area (Å²) in [4.78, 5) is 12.8. The Bertz CT molecular complexity index is 649. The second-order valence-corrected chi connectivity index (χ2v) is 21.9. The monoisotopic (exact) mass is 466 g/mol. The number of rotatable bonds is 9. The lowest BCUT2D eigenvalue weighted by Gasteiger charge is -2.37. The van der Waals surface area contributed by atoms with Crippen LogP contribution in [0.25, 0.3) is 0 Å². The van der Waals surface area contributed by atoms with E-state index >= 15 is 0 Å². The molecule has 180 valence electrons. The van der Waals surface area contributed by atoms with E-state index in [4.69, 9.17) is 8.85 Å². The average Bonchev–Trinajstić information content (AvgIpc) is 2.71. The maximum absolute atomic E-state index is 12.8. The molecule has 0 aromatic rings. The van der Waals surface area contributed by atoms with Gasteiger partial charge in [0, 0.05) is 12.3 Å². The molecule has 31 heavy (non-hydrogen) atoms. The molecule has 0 spiro atoms. The normalized spacial score (nSPS) is 21.8. The Morgan fingerprint density at radius 1 is 1.00 bits per heavy atom. The quantitative estimate of drug-likeness (QED) is 0.194. The van der Waals surface area contributed by atoms with Crippen molar-refractivity contribution in [3.8, 4) is 0 Å². The molecule has 2 atom stereocenters. The summed E-state index contributed by atoms with van der Waals surface area (Å²) >= 11 is 0. The van der Waals surface area contributed by atoms with Gasteiger partial charge in [-0.2, -0.15) is 0 Å². The lowest BCUT2D eigenvalue weighted by molar-refractivity contribution is -0.119. The third-order valence-corrected chi connectivity index (χ3v) is 16.3. The number of carbonyl (C=O) groups is 1. The fourth-order valence-electron chi connectivity index (χ4n) is 3.30. The van der Waals surface area contributed by atoms with Crippen LogP contribution in [-0.4, -0.2) is 22.4 Å². The minimum Gasteiger partial charge on any atom is -0.549 e. The summed E-state index contributed by atoms with van der Waals surface area (Å²) in [7, 11) is -3.83. The van der Waals surface area contributed by atoms with Crippen molar-refractivity contribution in [1.29, 1.82) is 0 Å². The molecule has 0 saturated heterocycles. The molecule has 0 heterocycles. The molecule has 0 fully saturated rings. The Balaban J connectivity index is 3.17. The van der Waals surface area contributed by atoms with Gasteiger partial charge in [-0.25, -0.2) is 0 Å². The highest BCUT2D eigenvalue weighted by Gasteiger charge is 2.41. The van der Waals surface area contributed by atoms with Gasteiger partial charge in [-0.3, -0.25) is 4.79 Å². The van der Waals surface area contributed by atoms with Gasteiger partial charge in [0.1, 0.15) is 5.78 Å². The third-order valence-electron chi connectivity index (χ3n) is 7.62. The van der Waals surface area contributed by atoms with Gasteiger partial charge in [-0.05, 0) is 60.8 Å². The highest BCUT2D eigenvalue weighted by atomic mass is 28.4. The highest BCUT2D eigenvalue weighted by Crippen LogP contribution is 2.41. The van der Waals surface area contributed by atoms with E-state index in [1.54, 1.807) is 0 Å². The SMILES string of the molecule is CCCCC[C@@H]1CC(=O)CC(O[Si](C)(C)C(C)(C)C)=C[C@@H]1/C=C/O[Si](C)(C)C(C)(C)C. The number of unbranched alkanes of at least 4 members (excludes halogenated alkanes) is 2. The van der Waals surface area contributed by atoms with Gasteiger partial charge in [0.25, 0.3) is 0 Å². The smallest absolute Gasteiger partial charge is 0.250 e. The maximum Gasteiger partial charge on any atom is 0.250 e. The van der Waals surface area contributed by atoms with Crippen molar-refractivity contribution in [3.63, 3.8) is 0 Å². The number of carbonyl (C=O) groups excluding carboxylic acids is 1. The van der Waals surface area contributed by atoms with Crippen molar-refractivity contribution in [2.75, 3.05) is 0 Å². The number of hydrogen-bond donors (Lipinski definition) is 0. The molecule has 1 aliphatic rings. The van der Waals surface area contributed by atoms with E-state index < -0.39 is 16.6 Å². The fraction of sp³-hybridized carbons (Fsp3) is 0.808. The second-order valence-electron chi connectivity index (χ2n) is 12.5. The van der Waals surface area contributed by atoms with Crippen molar-refractivity contribution >= 4 is 22.4 Å². The number of allylic oxidation sites excluding steroid dienone is 3. The minimum atomic E-state index is -1.98. The maximum atomic E-state index is 12.8. The lowest BCUT2D eigenvalue weighted by atomic mass is 9.85. The van der Waals surface area contributed by atoms with Crippen LogP contribution in [0.2, 0.25) is 36.3 Å². The first-order chi connectivity index (χ1) is 14.0.